The minimum absolute atomic E-state index is 0.0538. The van der Waals surface area contributed by atoms with Crippen LogP contribution in [-0.4, -0.2) is 42.9 Å². The lowest BCUT2D eigenvalue weighted by Gasteiger charge is -2.28. The monoisotopic (exact) mass is 366 g/mol. The van der Waals surface area contributed by atoms with Crippen molar-refractivity contribution < 1.29 is 10.2 Å². The van der Waals surface area contributed by atoms with Gasteiger partial charge in [-0.2, -0.15) is 0 Å². The van der Waals surface area contributed by atoms with Gasteiger partial charge in [-0.15, -0.1) is 17.7 Å². The summed E-state index contributed by atoms with van der Waals surface area (Å²) in [6.07, 6.45) is 2.19. The quantitative estimate of drug-likeness (QED) is 0.621. The molecule has 0 radical (unpaired) electrons. The molecule has 2 N–H and O–H groups in total. The first-order valence-electron chi connectivity index (χ1n) is 8.30. The fourth-order valence-corrected chi connectivity index (χ4v) is 3.43. The van der Waals surface area contributed by atoms with E-state index in [0.29, 0.717) is 23.0 Å². The van der Waals surface area contributed by atoms with E-state index in [1.165, 1.54) is 6.08 Å². The fourth-order valence-electron chi connectivity index (χ4n) is 3.17. The van der Waals surface area contributed by atoms with E-state index < -0.39 is 6.23 Å². The summed E-state index contributed by atoms with van der Waals surface area (Å²) >= 11 is 4.48. The lowest BCUT2D eigenvalue weighted by atomic mass is 10.0. The summed E-state index contributed by atoms with van der Waals surface area (Å²) in [5.74, 6) is -0.0538. The van der Waals surface area contributed by atoms with Crippen LogP contribution in [0, 0.1) is 0 Å². The molecule has 2 heterocycles. The van der Waals surface area contributed by atoms with Gasteiger partial charge in [0.15, 0.2) is 0 Å². The molecule has 4 rings (SSSR count). The number of thiol groups is 1. The van der Waals surface area contributed by atoms with E-state index in [0.717, 1.165) is 16.3 Å². The van der Waals surface area contributed by atoms with Crippen LogP contribution in [-0.2, 0) is 0 Å². The molecule has 0 spiro atoms. The van der Waals surface area contributed by atoms with Crippen molar-refractivity contribution in [2.24, 2.45) is 0 Å². The maximum atomic E-state index is 10.4. The topological polar surface area (TPSA) is 74.4 Å². The van der Waals surface area contributed by atoms with Gasteiger partial charge in [-0.3, -0.25) is 0 Å². The van der Waals surface area contributed by atoms with Crippen LogP contribution >= 0.6 is 12.6 Å². The molecule has 1 aromatic heterocycles. The zero-order chi connectivity index (χ0) is 18.3. The number of benzene rings is 2. The molecule has 1 unspecified atom stereocenters. The van der Waals surface area contributed by atoms with Gasteiger partial charge in [0, 0.05) is 24.4 Å². The highest BCUT2D eigenvalue weighted by atomic mass is 32.1. The summed E-state index contributed by atoms with van der Waals surface area (Å²) in [6.45, 7) is 2.50. The normalized spacial score (nSPS) is 17.3. The number of nitrogens with zero attached hydrogens (tertiary/aromatic N) is 4. The van der Waals surface area contributed by atoms with Crippen molar-refractivity contribution >= 4 is 29.1 Å². The third-order valence-corrected chi connectivity index (χ3v) is 4.79. The molecule has 132 valence electrons. The zero-order valence-corrected chi connectivity index (χ0v) is 15.0. The van der Waals surface area contributed by atoms with Crippen LogP contribution in [0.1, 0.15) is 6.92 Å². The summed E-state index contributed by atoms with van der Waals surface area (Å²) < 4.78 is 1.56. The van der Waals surface area contributed by atoms with E-state index in [4.69, 9.17) is 0 Å². The Kier molecular flexibility index (Phi) is 4.18. The molecule has 2 aromatic carbocycles. The van der Waals surface area contributed by atoms with Crippen LogP contribution < -0.4 is 0 Å². The Balaban J connectivity index is 1.93. The zero-order valence-electron chi connectivity index (χ0n) is 14.1. The molecule has 3 aromatic rings. The highest BCUT2D eigenvalue weighted by molar-refractivity contribution is 7.80. The van der Waals surface area contributed by atoms with E-state index in [-0.39, 0.29) is 5.76 Å². The Morgan fingerprint density at radius 1 is 1.15 bits per heavy atom. The van der Waals surface area contributed by atoms with Crippen LogP contribution in [0.4, 0.5) is 0 Å². The minimum atomic E-state index is -0.872. The van der Waals surface area contributed by atoms with Crippen molar-refractivity contribution in [3.63, 3.8) is 0 Å². The van der Waals surface area contributed by atoms with Crippen molar-refractivity contribution in [1.29, 1.82) is 0 Å². The van der Waals surface area contributed by atoms with E-state index in [2.05, 4.69) is 22.9 Å². The Labute approximate surface area is 156 Å². The standard InChI is InChI=1S/C19H18N4O2S/c1-2-22-11-15(16(24)10-17(22)25)23-18(19(26)20-21-23)14-9-5-7-12-6-3-4-8-13(12)14/h3-11,17,24-26H,2H2,1H3. The largest absolute Gasteiger partial charge is 0.506 e. The first kappa shape index (κ1) is 16.7. The first-order chi connectivity index (χ1) is 12.6. The number of likely N-dealkylation sites (N-methyl/N-ethyl adjacent to an activating group) is 1. The van der Waals surface area contributed by atoms with Crippen LogP contribution in [0.3, 0.4) is 0 Å². The van der Waals surface area contributed by atoms with E-state index in [1.54, 1.807) is 15.8 Å². The van der Waals surface area contributed by atoms with Crippen molar-refractivity contribution in [3.8, 4) is 11.3 Å². The summed E-state index contributed by atoms with van der Waals surface area (Å²) in [4.78, 5) is 1.70. The van der Waals surface area contributed by atoms with Gasteiger partial charge in [0.1, 0.15) is 28.4 Å². The molecule has 1 aliphatic rings. The van der Waals surface area contributed by atoms with Crippen molar-refractivity contribution in [2.75, 3.05) is 6.54 Å². The SMILES string of the molecule is CCN1C=C(n2nnc(S)c2-c2cccc3ccccc23)C(O)=CC1O. The Hall–Kier alpha value is -2.77. The molecular formula is C19H18N4O2S. The number of allylic oxidation sites excluding steroid dienone is 1. The molecule has 26 heavy (non-hydrogen) atoms. The third-order valence-electron chi connectivity index (χ3n) is 4.49. The van der Waals surface area contributed by atoms with E-state index in [9.17, 15) is 10.2 Å². The summed E-state index contributed by atoms with van der Waals surface area (Å²) in [5.41, 5.74) is 2.04. The van der Waals surface area contributed by atoms with Gasteiger partial charge in [0.2, 0.25) is 0 Å². The number of aliphatic hydroxyl groups excluding tert-OH is 2. The summed E-state index contributed by atoms with van der Waals surface area (Å²) in [7, 11) is 0. The van der Waals surface area contributed by atoms with Gasteiger partial charge in [-0.05, 0) is 17.7 Å². The average molecular weight is 366 g/mol. The van der Waals surface area contributed by atoms with Gasteiger partial charge in [0.05, 0.1) is 0 Å². The number of hydrogen-bond acceptors (Lipinski definition) is 6. The van der Waals surface area contributed by atoms with Crippen molar-refractivity contribution in [3.05, 3.63) is 60.5 Å². The molecule has 1 atom stereocenters. The van der Waals surface area contributed by atoms with Gasteiger partial charge in [0.25, 0.3) is 0 Å². The van der Waals surface area contributed by atoms with E-state index >= 15 is 0 Å². The van der Waals surface area contributed by atoms with Gasteiger partial charge in [-0.25, -0.2) is 4.68 Å². The minimum Gasteiger partial charge on any atom is -0.506 e. The lowest BCUT2D eigenvalue weighted by Crippen LogP contribution is -2.32. The predicted octanol–water partition coefficient (Wildman–Crippen LogP) is 3.28. The first-order valence-corrected chi connectivity index (χ1v) is 8.75. The molecule has 6 nitrogen and oxygen atoms in total. The second kappa shape index (κ2) is 6.51. The molecule has 7 heteroatoms. The average Bonchev–Trinajstić information content (AvgIpc) is 3.02. The molecule has 0 aliphatic carbocycles. The fraction of sp³-hybridized carbons (Fsp3) is 0.158. The Morgan fingerprint density at radius 2 is 1.92 bits per heavy atom. The number of aliphatic hydroxyl groups is 2. The van der Waals surface area contributed by atoms with Gasteiger partial charge >= 0.3 is 0 Å². The Bertz CT molecular complexity index is 1040. The molecule has 1 aliphatic heterocycles. The summed E-state index contributed by atoms with van der Waals surface area (Å²) in [6, 6.07) is 14.0. The summed E-state index contributed by atoms with van der Waals surface area (Å²) in [5, 5.41) is 31.3. The third kappa shape index (κ3) is 2.65. The van der Waals surface area contributed by atoms with E-state index in [1.807, 2.05) is 49.4 Å². The predicted molar refractivity (Wildman–Crippen MR) is 104 cm³/mol. The maximum Gasteiger partial charge on any atom is 0.149 e. The second-order valence-electron chi connectivity index (χ2n) is 6.01. The molecule has 0 amide bonds. The smallest absolute Gasteiger partial charge is 0.149 e. The Morgan fingerprint density at radius 3 is 2.73 bits per heavy atom. The lowest BCUT2D eigenvalue weighted by molar-refractivity contribution is 0.0776. The van der Waals surface area contributed by atoms with Gasteiger partial charge < -0.3 is 15.1 Å². The number of rotatable bonds is 3. The number of hydrogen-bond donors (Lipinski definition) is 3. The highest BCUT2D eigenvalue weighted by Gasteiger charge is 2.25. The molecule has 0 saturated carbocycles. The van der Waals surface area contributed by atoms with Crippen LogP contribution in [0.25, 0.3) is 27.7 Å². The van der Waals surface area contributed by atoms with Crippen LogP contribution in [0.5, 0.6) is 0 Å². The highest BCUT2D eigenvalue weighted by Crippen LogP contribution is 2.35. The molecule has 0 fully saturated rings. The van der Waals surface area contributed by atoms with Crippen molar-refractivity contribution in [2.45, 2.75) is 18.2 Å². The molecular weight excluding hydrogens is 348 g/mol. The van der Waals surface area contributed by atoms with Crippen molar-refractivity contribution in [1.82, 2.24) is 19.9 Å². The molecule has 0 saturated heterocycles. The van der Waals surface area contributed by atoms with Gasteiger partial charge in [-0.1, -0.05) is 47.7 Å². The van der Waals surface area contributed by atoms with Crippen LogP contribution in [0.2, 0.25) is 0 Å². The number of fused-ring (bicyclic) bond motifs is 1. The number of aromatic nitrogens is 3. The second-order valence-corrected chi connectivity index (χ2v) is 6.43. The van der Waals surface area contributed by atoms with Crippen LogP contribution in [0.15, 0.2) is 65.5 Å². The maximum absolute atomic E-state index is 10.4. The molecule has 0 bridgehead atoms.